The molecule has 0 saturated heterocycles. The van der Waals surface area contributed by atoms with Crippen LogP contribution in [0.3, 0.4) is 0 Å². The second kappa shape index (κ2) is 4.68. The Morgan fingerprint density at radius 3 is 2.74 bits per heavy atom. The van der Waals surface area contributed by atoms with Crippen LogP contribution in [0.5, 0.6) is 0 Å². The molecule has 2 aromatic rings. The van der Waals surface area contributed by atoms with Crippen molar-refractivity contribution in [2.75, 3.05) is 0 Å². The van der Waals surface area contributed by atoms with E-state index in [4.69, 9.17) is 4.42 Å². The van der Waals surface area contributed by atoms with Crippen LogP contribution >= 0.6 is 0 Å². The van der Waals surface area contributed by atoms with Crippen LogP contribution in [0.2, 0.25) is 0 Å². The van der Waals surface area contributed by atoms with Gasteiger partial charge < -0.3 is 4.42 Å². The summed E-state index contributed by atoms with van der Waals surface area (Å²) in [6.45, 7) is 0. The minimum absolute atomic E-state index is 0.324. The molecule has 4 heteroatoms. The van der Waals surface area contributed by atoms with Crippen LogP contribution in [0.4, 0.5) is 0 Å². The van der Waals surface area contributed by atoms with Crippen molar-refractivity contribution in [1.82, 2.24) is 4.57 Å². The van der Waals surface area contributed by atoms with Gasteiger partial charge in [0.15, 0.2) is 5.58 Å². The van der Waals surface area contributed by atoms with Crippen LogP contribution in [-0.2, 0) is 18.3 Å². The fourth-order valence-corrected chi connectivity index (χ4v) is 2.84. The molecule has 1 heterocycles. The topological polar surface area (TPSA) is 52.2 Å². The van der Waals surface area contributed by atoms with Gasteiger partial charge in [-0.2, -0.15) is 0 Å². The number of fused-ring (bicyclic) bond motifs is 1. The molecule has 0 aliphatic heterocycles. The number of carbonyl (C=O) groups is 1. The molecule has 100 valence electrons. The molecule has 1 saturated carbocycles. The van der Waals surface area contributed by atoms with E-state index in [0.717, 1.165) is 37.6 Å². The van der Waals surface area contributed by atoms with Crippen molar-refractivity contribution in [3.8, 4) is 0 Å². The number of ketones is 1. The monoisotopic (exact) mass is 259 g/mol. The zero-order chi connectivity index (χ0) is 13.4. The maximum absolute atomic E-state index is 11.4. The van der Waals surface area contributed by atoms with Crippen molar-refractivity contribution in [2.24, 2.45) is 13.0 Å². The van der Waals surface area contributed by atoms with Gasteiger partial charge in [0.25, 0.3) is 0 Å². The molecule has 0 spiro atoms. The molecule has 1 aromatic heterocycles. The van der Waals surface area contributed by atoms with E-state index in [9.17, 15) is 9.59 Å². The van der Waals surface area contributed by atoms with E-state index in [1.54, 1.807) is 7.05 Å². The highest BCUT2D eigenvalue weighted by Crippen LogP contribution is 2.26. The normalized spacial score (nSPS) is 17.2. The first-order chi connectivity index (χ1) is 9.13. The summed E-state index contributed by atoms with van der Waals surface area (Å²) in [5, 5.41) is 0. The predicted octanol–water partition coefficient (Wildman–Crippen LogP) is 2.43. The number of rotatable bonds is 2. The van der Waals surface area contributed by atoms with Gasteiger partial charge >= 0.3 is 5.76 Å². The maximum atomic E-state index is 11.4. The first-order valence-corrected chi connectivity index (χ1v) is 6.73. The largest absolute Gasteiger partial charge is 0.419 e. The van der Waals surface area contributed by atoms with Crippen molar-refractivity contribution in [2.45, 2.75) is 32.1 Å². The number of aryl methyl sites for hydroxylation is 1. The first-order valence-electron chi connectivity index (χ1n) is 6.73. The summed E-state index contributed by atoms with van der Waals surface area (Å²) in [6, 6.07) is 5.90. The molecule has 0 radical (unpaired) electrons. The Morgan fingerprint density at radius 1 is 1.26 bits per heavy atom. The molecule has 0 bridgehead atoms. The number of oxazole rings is 1. The molecule has 4 nitrogen and oxygen atoms in total. The van der Waals surface area contributed by atoms with Crippen LogP contribution in [0.1, 0.15) is 31.2 Å². The summed E-state index contributed by atoms with van der Waals surface area (Å²) in [5.41, 5.74) is 2.69. The van der Waals surface area contributed by atoms with Crippen LogP contribution in [0.15, 0.2) is 27.4 Å². The van der Waals surface area contributed by atoms with Gasteiger partial charge in [-0.15, -0.1) is 0 Å². The molecule has 1 aliphatic carbocycles. The van der Waals surface area contributed by atoms with Crippen LogP contribution in [-0.4, -0.2) is 10.4 Å². The van der Waals surface area contributed by atoms with E-state index in [2.05, 4.69) is 0 Å². The Kier molecular flexibility index (Phi) is 3.01. The number of benzene rings is 1. The molecule has 0 atom stereocenters. The average molecular weight is 259 g/mol. The fourth-order valence-electron chi connectivity index (χ4n) is 2.84. The van der Waals surface area contributed by atoms with Gasteiger partial charge in [-0.3, -0.25) is 9.36 Å². The molecular formula is C15H17NO3. The summed E-state index contributed by atoms with van der Waals surface area (Å²) < 4.78 is 6.65. The summed E-state index contributed by atoms with van der Waals surface area (Å²) in [7, 11) is 1.72. The number of Topliss-reactive ketones (excluding diaryl/α,β-unsaturated/α-hetero) is 1. The van der Waals surface area contributed by atoms with Crippen molar-refractivity contribution < 1.29 is 9.21 Å². The van der Waals surface area contributed by atoms with E-state index >= 15 is 0 Å². The van der Waals surface area contributed by atoms with Gasteiger partial charge in [-0.05, 0) is 42.9 Å². The third-order valence-electron chi connectivity index (χ3n) is 4.04. The molecule has 0 unspecified atom stereocenters. The summed E-state index contributed by atoms with van der Waals surface area (Å²) in [5.74, 6) is 0.651. The minimum Gasteiger partial charge on any atom is -0.408 e. The number of carbonyl (C=O) groups excluding carboxylic acids is 1. The number of hydrogen-bond donors (Lipinski definition) is 0. The summed E-state index contributed by atoms with van der Waals surface area (Å²) >= 11 is 0. The molecular weight excluding hydrogens is 242 g/mol. The highest BCUT2D eigenvalue weighted by atomic mass is 16.4. The molecule has 3 rings (SSSR count). The number of aromatic nitrogens is 1. The van der Waals surface area contributed by atoms with Crippen molar-refractivity contribution in [1.29, 1.82) is 0 Å². The maximum Gasteiger partial charge on any atom is 0.419 e. The summed E-state index contributed by atoms with van der Waals surface area (Å²) in [6.07, 6.45) is 4.39. The van der Waals surface area contributed by atoms with E-state index in [1.807, 2.05) is 18.2 Å². The third kappa shape index (κ3) is 2.35. The highest BCUT2D eigenvalue weighted by Gasteiger charge is 2.19. The number of hydrogen-bond acceptors (Lipinski definition) is 3. The molecule has 1 fully saturated rings. The smallest absolute Gasteiger partial charge is 0.408 e. The fraction of sp³-hybridized carbons (Fsp3) is 0.467. The Labute approximate surface area is 111 Å². The standard InChI is InChI=1S/C15H17NO3/c1-16-13-9-11(4-7-14(13)19-15(16)18)8-10-2-5-12(17)6-3-10/h4,7,9-10H,2-3,5-6,8H2,1H3. The van der Waals surface area contributed by atoms with Crippen LogP contribution < -0.4 is 5.76 Å². The van der Waals surface area contributed by atoms with E-state index in [-0.39, 0.29) is 5.76 Å². The molecule has 1 aromatic carbocycles. The Morgan fingerprint density at radius 2 is 2.00 bits per heavy atom. The predicted molar refractivity (Wildman–Crippen MR) is 72.1 cm³/mol. The highest BCUT2D eigenvalue weighted by molar-refractivity contribution is 5.79. The van der Waals surface area contributed by atoms with Crippen molar-refractivity contribution >= 4 is 16.9 Å². The Balaban J connectivity index is 1.83. The van der Waals surface area contributed by atoms with Gasteiger partial charge in [-0.25, -0.2) is 4.79 Å². The Bertz CT molecular complexity index is 670. The van der Waals surface area contributed by atoms with E-state index < -0.39 is 0 Å². The van der Waals surface area contributed by atoms with Gasteiger partial charge in [-0.1, -0.05) is 6.07 Å². The van der Waals surface area contributed by atoms with Crippen LogP contribution in [0.25, 0.3) is 11.1 Å². The molecule has 0 N–H and O–H groups in total. The SMILES string of the molecule is Cn1c(=O)oc2ccc(CC3CCC(=O)CC3)cc21. The summed E-state index contributed by atoms with van der Waals surface area (Å²) in [4.78, 5) is 22.7. The third-order valence-corrected chi connectivity index (χ3v) is 4.04. The quantitative estimate of drug-likeness (QED) is 0.832. The van der Waals surface area contributed by atoms with Crippen LogP contribution in [0, 0.1) is 5.92 Å². The van der Waals surface area contributed by atoms with Gasteiger partial charge in [0.05, 0.1) is 5.52 Å². The molecule has 1 aliphatic rings. The number of nitrogens with zero attached hydrogens (tertiary/aromatic N) is 1. The lowest BCUT2D eigenvalue weighted by atomic mass is 9.84. The first kappa shape index (κ1) is 12.2. The molecule has 19 heavy (non-hydrogen) atoms. The van der Waals surface area contributed by atoms with E-state index in [1.165, 1.54) is 10.1 Å². The zero-order valence-electron chi connectivity index (χ0n) is 11.0. The van der Waals surface area contributed by atoms with Crippen molar-refractivity contribution in [3.63, 3.8) is 0 Å². The van der Waals surface area contributed by atoms with Gasteiger partial charge in [0.2, 0.25) is 0 Å². The Hall–Kier alpha value is -1.84. The second-order valence-corrected chi connectivity index (χ2v) is 5.42. The lowest BCUT2D eigenvalue weighted by Crippen LogP contribution is -2.15. The minimum atomic E-state index is -0.324. The zero-order valence-corrected chi connectivity index (χ0v) is 11.0. The second-order valence-electron chi connectivity index (χ2n) is 5.42. The van der Waals surface area contributed by atoms with Gasteiger partial charge in [0.1, 0.15) is 5.78 Å². The van der Waals surface area contributed by atoms with Gasteiger partial charge in [0, 0.05) is 19.9 Å². The van der Waals surface area contributed by atoms with E-state index in [0.29, 0.717) is 17.3 Å². The van der Waals surface area contributed by atoms with Crippen molar-refractivity contribution in [3.05, 3.63) is 34.3 Å². The average Bonchev–Trinajstić information content (AvgIpc) is 2.69. The lowest BCUT2D eigenvalue weighted by Gasteiger charge is -2.20. The molecule has 0 amide bonds. The lowest BCUT2D eigenvalue weighted by molar-refractivity contribution is -0.121.